The number of rotatable bonds is 8. The van der Waals surface area contributed by atoms with Crippen LogP contribution in [0.4, 0.5) is 0 Å². The maximum atomic E-state index is 12.8. The summed E-state index contributed by atoms with van der Waals surface area (Å²) in [6.45, 7) is 5.68. The van der Waals surface area contributed by atoms with E-state index in [4.69, 9.17) is 0 Å². The first-order valence-electron chi connectivity index (χ1n) is 10.5. The summed E-state index contributed by atoms with van der Waals surface area (Å²) in [4.78, 5) is 16.9. The molecule has 1 aliphatic rings. The lowest BCUT2D eigenvalue weighted by atomic mass is 10.1. The summed E-state index contributed by atoms with van der Waals surface area (Å²) >= 11 is 0. The number of benzene rings is 2. The van der Waals surface area contributed by atoms with Crippen molar-refractivity contribution in [1.82, 2.24) is 14.1 Å². The first-order chi connectivity index (χ1) is 14.8. The number of hydrogen-bond donors (Lipinski definition) is 0. The number of sulfonamides is 1. The molecule has 0 bridgehead atoms. The lowest BCUT2D eigenvalue weighted by Crippen LogP contribution is -2.51. The van der Waals surface area contributed by atoms with Crippen LogP contribution < -0.4 is 0 Å². The Bertz CT molecular complexity index is 980. The molecule has 0 saturated carbocycles. The maximum Gasteiger partial charge on any atom is 0.237 e. The van der Waals surface area contributed by atoms with E-state index in [1.807, 2.05) is 49.4 Å². The smallest absolute Gasteiger partial charge is 0.237 e. The summed E-state index contributed by atoms with van der Waals surface area (Å²) in [7, 11) is -3.49. The molecule has 0 radical (unpaired) electrons. The summed E-state index contributed by atoms with van der Waals surface area (Å²) < 4.78 is 25.8. The SMILES string of the molecule is Cc1ccc(CN(CC(=O)N2CCN(C/C=C/c3ccccc3)CC2)S(C)(=O)=O)cc1. The van der Waals surface area contributed by atoms with Crippen LogP contribution in [0.25, 0.3) is 6.08 Å². The van der Waals surface area contributed by atoms with E-state index in [0.717, 1.165) is 37.0 Å². The summed E-state index contributed by atoms with van der Waals surface area (Å²) in [5, 5.41) is 0. The Balaban J connectivity index is 1.50. The van der Waals surface area contributed by atoms with Crippen LogP contribution >= 0.6 is 0 Å². The molecule has 1 amide bonds. The summed E-state index contributed by atoms with van der Waals surface area (Å²) in [6.07, 6.45) is 5.40. The standard InChI is InChI=1S/C24H31N3O3S/c1-21-10-12-23(13-11-21)19-27(31(2,29)30)20-24(28)26-17-15-25(16-18-26)14-6-9-22-7-4-3-5-8-22/h3-13H,14-20H2,1-2H3/b9-6+. The van der Waals surface area contributed by atoms with Crippen molar-refractivity contribution in [3.8, 4) is 0 Å². The second-order valence-corrected chi connectivity index (χ2v) is 9.99. The summed E-state index contributed by atoms with van der Waals surface area (Å²) in [5.74, 6) is -0.142. The van der Waals surface area contributed by atoms with E-state index in [0.29, 0.717) is 13.1 Å². The van der Waals surface area contributed by atoms with Gasteiger partial charge in [0.05, 0.1) is 12.8 Å². The highest BCUT2D eigenvalue weighted by Crippen LogP contribution is 2.12. The molecule has 1 fully saturated rings. The largest absolute Gasteiger partial charge is 0.339 e. The Hall–Kier alpha value is -2.48. The first kappa shape index (κ1) is 23.2. The van der Waals surface area contributed by atoms with Gasteiger partial charge in [0.15, 0.2) is 0 Å². The molecule has 31 heavy (non-hydrogen) atoms. The molecule has 1 aliphatic heterocycles. The van der Waals surface area contributed by atoms with Crippen LogP contribution in [0.2, 0.25) is 0 Å². The molecule has 1 heterocycles. The molecule has 0 atom stereocenters. The fourth-order valence-electron chi connectivity index (χ4n) is 3.52. The normalized spacial score (nSPS) is 15.6. The lowest BCUT2D eigenvalue weighted by molar-refractivity contribution is -0.133. The number of carbonyl (C=O) groups excluding carboxylic acids is 1. The predicted molar refractivity (Wildman–Crippen MR) is 125 cm³/mol. The molecule has 166 valence electrons. The molecule has 2 aromatic rings. The van der Waals surface area contributed by atoms with Gasteiger partial charge in [-0.05, 0) is 18.1 Å². The monoisotopic (exact) mass is 441 g/mol. The number of hydrogen-bond acceptors (Lipinski definition) is 4. The molecule has 2 aromatic carbocycles. The second kappa shape index (κ2) is 10.7. The molecule has 0 N–H and O–H groups in total. The highest BCUT2D eigenvalue weighted by molar-refractivity contribution is 7.88. The summed E-state index contributed by atoms with van der Waals surface area (Å²) in [6, 6.07) is 17.9. The molecule has 6 nitrogen and oxygen atoms in total. The maximum absolute atomic E-state index is 12.8. The van der Waals surface area contributed by atoms with Gasteiger partial charge in [0, 0.05) is 39.3 Å². The van der Waals surface area contributed by atoms with Crippen molar-refractivity contribution < 1.29 is 13.2 Å². The highest BCUT2D eigenvalue weighted by Gasteiger charge is 2.26. The van der Waals surface area contributed by atoms with E-state index in [-0.39, 0.29) is 19.0 Å². The minimum Gasteiger partial charge on any atom is -0.339 e. The van der Waals surface area contributed by atoms with Gasteiger partial charge in [-0.2, -0.15) is 4.31 Å². The van der Waals surface area contributed by atoms with Gasteiger partial charge in [-0.15, -0.1) is 0 Å². The molecule has 0 aliphatic carbocycles. The Morgan fingerprint density at radius 1 is 1.00 bits per heavy atom. The molecule has 0 unspecified atom stereocenters. The molecule has 0 spiro atoms. The zero-order chi connectivity index (χ0) is 22.3. The third-order valence-electron chi connectivity index (χ3n) is 5.46. The van der Waals surface area contributed by atoms with Crippen LogP contribution in [-0.4, -0.2) is 74.0 Å². The number of piperazine rings is 1. The van der Waals surface area contributed by atoms with Crippen molar-refractivity contribution >= 4 is 22.0 Å². The van der Waals surface area contributed by atoms with E-state index < -0.39 is 10.0 Å². The van der Waals surface area contributed by atoms with Crippen LogP contribution in [0.5, 0.6) is 0 Å². The van der Waals surface area contributed by atoms with Crippen molar-refractivity contribution in [2.24, 2.45) is 0 Å². The van der Waals surface area contributed by atoms with Crippen molar-refractivity contribution in [3.05, 3.63) is 77.4 Å². The number of amides is 1. The van der Waals surface area contributed by atoms with Gasteiger partial charge in [0.1, 0.15) is 0 Å². The second-order valence-electron chi connectivity index (χ2n) is 8.01. The predicted octanol–water partition coefficient (Wildman–Crippen LogP) is 2.61. The molecule has 7 heteroatoms. The molecular weight excluding hydrogens is 410 g/mol. The van der Waals surface area contributed by atoms with Crippen LogP contribution in [-0.2, 0) is 21.4 Å². The number of carbonyl (C=O) groups is 1. The van der Waals surface area contributed by atoms with Crippen LogP contribution in [0.15, 0.2) is 60.7 Å². The van der Waals surface area contributed by atoms with Gasteiger partial charge in [-0.25, -0.2) is 8.42 Å². The fourth-order valence-corrected chi connectivity index (χ4v) is 4.25. The molecular formula is C24H31N3O3S. The zero-order valence-electron chi connectivity index (χ0n) is 18.3. The highest BCUT2D eigenvalue weighted by atomic mass is 32.2. The Labute approximate surface area is 185 Å². The molecule has 3 rings (SSSR count). The molecule has 0 aromatic heterocycles. The van der Waals surface area contributed by atoms with E-state index >= 15 is 0 Å². The minimum absolute atomic E-state index is 0.124. The fraction of sp³-hybridized carbons (Fsp3) is 0.375. The Morgan fingerprint density at radius 3 is 2.26 bits per heavy atom. The lowest BCUT2D eigenvalue weighted by Gasteiger charge is -2.35. The van der Waals surface area contributed by atoms with Crippen molar-refractivity contribution in [2.45, 2.75) is 13.5 Å². The van der Waals surface area contributed by atoms with Gasteiger partial charge in [0.25, 0.3) is 0 Å². The average Bonchev–Trinajstić information content (AvgIpc) is 2.75. The van der Waals surface area contributed by atoms with Crippen LogP contribution in [0.1, 0.15) is 16.7 Å². The first-order valence-corrected chi connectivity index (χ1v) is 12.4. The van der Waals surface area contributed by atoms with E-state index in [2.05, 4.69) is 29.2 Å². The third kappa shape index (κ3) is 7.31. The zero-order valence-corrected chi connectivity index (χ0v) is 19.1. The number of nitrogens with zero attached hydrogens (tertiary/aromatic N) is 3. The Kier molecular flexibility index (Phi) is 8.01. The third-order valence-corrected chi connectivity index (χ3v) is 6.65. The Morgan fingerprint density at radius 2 is 1.65 bits per heavy atom. The van der Waals surface area contributed by atoms with Gasteiger partial charge >= 0.3 is 0 Å². The van der Waals surface area contributed by atoms with Gasteiger partial charge in [-0.1, -0.05) is 72.3 Å². The van der Waals surface area contributed by atoms with E-state index in [1.54, 1.807) is 4.90 Å². The minimum atomic E-state index is -3.49. The van der Waals surface area contributed by atoms with Crippen LogP contribution in [0, 0.1) is 6.92 Å². The summed E-state index contributed by atoms with van der Waals surface area (Å²) in [5.41, 5.74) is 3.16. The van der Waals surface area contributed by atoms with Gasteiger partial charge in [-0.3, -0.25) is 9.69 Å². The van der Waals surface area contributed by atoms with Crippen molar-refractivity contribution in [2.75, 3.05) is 45.5 Å². The van der Waals surface area contributed by atoms with E-state index in [9.17, 15) is 13.2 Å². The topological polar surface area (TPSA) is 60.9 Å². The van der Waals surface area contributed by atoms with Gasteiger partial charge < -0.3 is 4.90 Å². The van der Waals surface area contributed by atoms with Crippen molar-refractivity contribution in [3.63, 3.8) is 0 Å². The van der Waals surface area contributed by atoms with Crippen molar-refractivity contribution in [1.29, 1.82) is 0 Å². The van der Waals surface area contributed by atoms with Gasteiger partial charge in [0.2, 0.25) is 15.9 Å². The van der Waals surface area contributed by atoms with E-state index in [1.165, 1.54) is 9.87 Å². The average molecular weight is 442 g/mol. The number of aryl methyl sites for hydroxylation is 1. The quantitative estimate of drug-likeness (QED) is 0.632. The molecule has 1 saturated heterocycles. The van der Waals surface area contributed by atoms with Crippen LogP contribution in [0.3, 0.4) is 0 Å².